The van der Waals surface area contributed by atoms with Crippen LogP contribution < -0.4 is 4.90 Å². The Hall–Kier alpha value is -7.48. The summed E-state index contributed by atoms with van der Waals surface area (Å²) in [5.41, 5.74) is 26.9. The van der Waals surface area contributed by atoms with Crippen LogP contribution >= 0.6 is 0 Å². The van der Waals surface area contributed by atoms with Gasteiger partial charge in [0.2, 0.25) is 0 Å². The van der Waals surface area contributed by atoms with Crippen molar-refractivity contribution in [3.05, 3.63) is 268 Å². The van der Waals surface area contributed by atoms with E-state index in [1.54, 1.807) is 0 Å². The van der Waals surface area contributed by atoms with Crippen LogP contribution in [0.5, 0.6) is 0 Å². The summed E-state index contributed by atoms with van der Waals surface area (Å²) in [6, 6.07) is 80.2. The van der Waals surface area contributed by atoms with Gasteiger partial charge in [-0.15, -0.1) is 0 Å². The Bertz CT molecular complexity index is 3490. The predicted octanol–water partition coefficient (Wildman–Crippen LogP) is 17.0. The lowest BCUT2D eigenvalue weighted by molar-refractivity contribution is 0.660. The summed E-state index contributed by atoms with van der Waals surface area (Å²) in [5.74, 6) is 0. The Balaban J connectivity index is 0.972. The summed E-state index contributed by atoms with van der Waals surface area (Å²) in [7, 11) is 0. The first-order valence-electron chi connectivity index (χ1n) is 24.0. The van der Waals surface area contributed by atoms with Gasteiger partial charge in [-0.2, -0.15) is 0 Å². The minimum Gasteiger partial charge on any atom is -0.310 e. The molecule has 0 aliphatic heterocycles. The summed E-state index contributed by atoms with van der Waals surface area (Å²) in [5, 5.41) is 0. The van der Waals surface area contributed by atoms with Crippen LogP contribution in [0.1, 0.15) is 97.2 Å². The van der Waals surface area contributed by atoms with Crippen molar-refractivity contribution in [1.29, 1.82) is 0 Å². The zero-order chi connectivity index (χ0) is 45.5. The Kier molecular flexibility index (Phi) is 8.34. The van der Waals surface area contributed by atoms with E-state index >= 15 is 0 Å². The van der Waals surface area contributed by atoms with Crippen molar-refractivity contribution in [2.45, 2.75) is 63.2 Å². The second-order valence-corrected chi connectivity index (χ2v) is 20.8. The molecular formula is C66H53N. The average molecular weight is 860 g/mol. The molecule has 0 aromatic heterocycles. The van der Waals surface area contributed by atoms with Crippen molar-refractivity contribution in [1.82, 2.24) is 0 Å². The lowest BCUT2D eigenvalue weighted by atomic mass is 9.67. The molecule has 0 saturated carbocycles. The number of allylic oxidation sites excluding steroid dienone is 2. The molecule has 0 radical (unpaired) electrons. The second-order valence-electron chi connectivity index (χ2n) is 20.8. The molecule has 0 N–H and O–H groups in total. The number of anilines is 3. The van der Waals surface area contributed by atoms with E-state index < -0.39 is 5.41 Å². The Labute approximate surface area is 395 Å². The van der Waals surface area contributed by atoms with Crippen LogP contribution in [0.15, 0.2) is 212 Å². The molecule has 9 aromatic rings. The molecule has 1 nitrogen and oxygen atoms in total. The molecule has 0 saturated heterocycles. The van der Waals surface area contributed by atoms with Crippen LogP contribution in [0.25, 0.3) is 44.5 Å². The molecule has 0 spiro atoms. The van der Waals surface area contributed by atoms with Gasteiger partial charge in [0.15, 0.2) is 0 Å². The summed E-state index contributed by atoms with van der Waals surface area (Å²) >= 11 is 0. The summed E-state index contributed by atoms with van der Waals surface area (Å²) in [6.07, 6.45) is 0. The van der Waals surface area contributed by atoms with E-state index in [-0.39, 0.29) is 16.2 Å². The van der Waals surface area contributed by atoms with Crippen molar-refractivity contribution in [2.75, 3.05) is 4.90 Å². The normalized spacial score (nSPS) is 16.6. The third-order valence-corrected chi connectivity index (χ3v) is 16.3. The fourth-order valence-corrected chi connectivity index (χ4v) is 13.2. The quantitative estimate of drug-likeness (QED) is 0.161. The zero-order valence-corrected chi connectivity index (χ0v) is 39.2. The molecule has 0 amide bonds. The highest BCUT2D eigenvalue weighted by molar-refractivity contribution is 6.09. The zero-order valence-electron chi connectivity index (χ0n) is 39.2. The van der Waals surface area contributed by atoms with E-state index in [2.05, 4.69) is 259 Å². The molecule has 0 atom stereocenters. The first kappa shape index (κ1) is 39.8. The van der Waals surface area contributed by atoms with Gasteiger partial charge in [0.1, 0.15) is 0 Å². The highest BCUT2D eigenvalue weighted by atomic mass is 15.1. The Morgan fingerprint density at radius 1 is 0.269 bits per heavy atom. The van der Waals surface area contributed by atoms with E-state index in [0.29, 0.717) is 0 Å². The highest BCUT2D eigenvalue weighted by Gasteiger charge is 2.50. The fraction of sp³-hybridized carbons (Fsp3) is 0.152. The highest BCUT2D eigenvalue weighted by Crippen LogP contribution is 2.63. The minimum atomic E-state index is -0.505. The molecule has 1 heteroatoms. The molecule has 4 aliphatic carbocycles. The van der Waals surface area contributed by atoms with E-state index in [1.807, 2.05) is 0 Å². The molecule has 0 bridgehead atoms. The topological polar surface area (TPSA) is 3.24 Å². The second kappa shape index (κ2) is 14.0. The maximum Gasteiger partial charge on any atom is 0.0714 e. The molecule has 0 unspecified atom stereocenters. The number of nitrogens with zero attached hydrogens (tertiary/aromatic N) is 1. The Morgan fingerprint density at radius 2 is 0.657 bits per heavy atom. The molecule has 67 heavy (non-hydrogen) atoms. The summed E-state index contributed by atoms with van der Waals surface area (Å²) in [6.45, 7) is 14.4. The maximum atomic E-state index is 2.49. The van der Waals surface area contributed by atoms with Crippen LogP contribution in [-0.4, -0.2) is 0 Å². The standard InChI is InChI=1S/C66H53N/c1-63(2)55-26-16-13-23-49(55)51-37-34-47(40-59(51)63)67(48-35-38-52-50-24-14-18-28-57(50)66(60(52)41-48,44-19-9-7-10-20-44)45-21-11-8-12-22-45)46-32-29-42(30-33-46)43-31-36-54-58(39-43)65(5,6)61-53-25-15-17-27-56(53)64(3,4)62(54)61/h7-41H,1-6H3. The molecule has 0 fully saturated rings. The van der Waals surface area contributed by atoms with Crippen LogP contribution in [0, 0.1) is 0 Å². The third-order valence-electron chi connectivity index (χ3n) is 16.3. The van der Waals surface area contributed by atoms with Gasteiger partial charge in [-0.05, 0) is 143 Å². The van der Waals surface area contributed by atoms with Gasteiger partial charge in [-0.3, -0.25) is 0 Å². The SMILES string of the molecule is CC1(C)C2=C(c3ccccc31)C(C)(C)c1cc(-c3ccc(N(c4ccc5c(c4)C(C)(C)c4ccccc4-5)c4ccc5c(c4)C(c4ccccc4)(c4ccccc4)c4ccccc4-5)cc3)ccc12. The minimum absolute atomic E-state index is 0.0428. The number of benzene rings is 9. The molecule has 13 rings (SSSR count). The fourth-order valence-electron chi connectivity index (χ4n) is 13.2. The number of fused-ring (bicyclic) bond motifs is 10. The maximum absolute atomic E-state index is 2.49. The van der Waals surface area contributed by atoms with Crippen LogP contribution in [0.4, 0.5) is 17.1 Å². The molecule has 0 heterocycles. The van der Waals surface area contributed by atoms with Crippen molar-refractivity contribution < 1.29 is 0 Å². The smallest absolute Gasteiger partial charge is 0.0714 e. The van der Waals surface area contributed by atoms with Crippen LogP contribution in [-0.2, 0) is 21.7 Å². The molecule has 9 aromatic carbocycles. The molecule has 4 aliphatic rings. The monoisotopic (exact) mass is 859 g/mol. The number of hydrogen-bond acceptors (Lipinski definition) is 1. The van der Waals surface area contributed by atoms with Gasteiger partial charge in [0.25, 0.3) is 0 Å². The first-order valence-corrected chi connectivity index (χ1v) is 24.0. The van der Waals surface area contributed by atoms with Crippen molar-refractivity contribution in [2.24, 2.45) is 0 Å². The lowest BCUT2D eigenvalue weighted by Crippen LogP contribution is -2.28. The average Bonchev–Trinajstić information content (AvgIpc) is 3.97. The molecule has 322 valence electrons. The molecular weight excluding hydrogens is 807 g/mol. The van der Waals surface area contributed by atoms with Gasteiger partial charge in [0.05, 0.1) is 5.41 Å². The van der Waals surface area contributed by atoms with Crippen LogP contribution in [0.3, 0.4) is 0 Å². The predicted molar refractivity (Wildman–Crippen MR) is 281 cm³/mol. The van der Waals surface area contributed by atoms with Gasteiger partial charge in [0, 0.05) is 33.3 Å². The largest absolute Gasteiger partial charge is 0.310 e. The van der Waals surface area contributed by atoms with Gasteiger partial charge >= 0.3 is 0 Å². The van der Waals surface area contributed by atoms with Gasteiger partial charge in [-0.25, -0.2) is 0 Å². The third kappa shape index (κ3) is 5.37. The Morgan fingerprint density at radius 3 is 1.27 bits per heavy atom. The van der Waals surface area contributed by atoms with Gasteiger partial charge < -0.3 is 4.90 Å². The van der Waals surface area contributed by atoms with Crippen molar-refractivity contribution >= 4 is 28.2 Å². The lowest BCUT2D eigenvalue weighted by Gasteiger charge is -2.35. The van der Waals surface area contributed by atoms with Crippen molar-refractivity contribution in [3.8, 4) is 33.4 Å². The van der Waals surface area contributed by atoms with E-state index in [1.165, 1.54) is 100 Å². The first-order chi connectivity index (χ1) is 32.5. The summed E-state index contributed by atoms with van der Waals surface area (Å²) < 4.78 is 0. The number of hydrogen-bond donors (Lipinski definition) is 0. The van der Waals surface area contributed by atoms with Crippen LogP contribution in [0.2, 0.25) is 0 Å². The van der Waals surface area contributed by atoms with E-state index in [9.17, 15) is 0 Å². The summed E-state index contributed by atoms with van der Waals surface area (Å²) in [4.78, 5) is 2.49. The number of rotatable bonds is 6. The van der Waals surface area contributed by atoms with Gasteiger partial charge in [-0.1, -0.05) is 211 Å². The van der Waals surface area contributed by atoms with E-state index in [4.69, 9.17) is 0 Å². The van der Waals surface area contributed by atoms with Crippen molar-refractivity contribution in [3.63, 3.8) is 0 Å². The van der Waals surface area contributed by atoms with E-state index in [0.717, 1.165) is 17.1 Å².